The Morgan fingerprint density at radius 2 is 1.82 bits per heavy atom. The summed E-state index contributed by atoms with van der Waals surface area (Å²) in [5.74, 6) is 0.482. The van der Waals surface area contributed by atoms with Crippen LogP contribution in [0.2, 0.25) is 0 Å². The SMILES string of the molecule is CC(C)c1[nH]c(N=S(C)(C)=O)c2cc3nccc3cc2c1-c1ccc(F)cc1.[HH]. The molecular formula is C22H24FN3OS. The predicted octanol–water partition coefficient (Wildman–Crippen LogP) is 6.25. The molecule has 0 bridgehead atoms. The number of halogens is 1. The van der Waals surface area contributed by atoms with Gasteiger partial charge in [0.05, 0.1) is 5.52 Å². The van der Waals surface area contributed by atoms with E-state index in [1.807, 2.05) is 12.1 Å². The van der Waals surface area contributed by atoms with Crippen molar-refractivity contribution in [3.05, 3.63) is 60.2 Å². The molecule has 28 heavy (non-hydrogen) atoms. The topological polar surface area (TPSA) is 58.1 Å². The van der Waals surface area contributed by atoms with Crippen molar-refractivity contribution in [2.24, 2.45) is 4.36 Å². The Labute approximate surface area is 165 Å². The summed E-state index contributed by atoms with van der Waals surface area (Å²) in [5, 5.41) is 2.86. The van der Waals surface area contributed by atoms with Crippen LogP contribution >= 0.6 is 0 Å². The number of aromatic amines is 1. The van der Waals surface area contributed by atoms with Crippen molar-refractivity contribution >= 4 is 37.2 Å². The molecule has 2 aromatic carbocycles. The largest absolute Gasteiger partial charge is 0.342 e. The Bertz CT molecular complexity index is 1310. The summed E-state index contributed by atoms with van der Waals surface area (Å²) in [7, 11) is -2.36. The van der Waals surface area contributed by atoms with Crippen molar-refractivity contribution < 1.29 is 10.0 Å². The highest BCUT2D eigenvalue weighted by molar-refractivity contribution is 7.92. The van der Waals surface area contributed by atoms with Crippen LogP contribution in [0.25, 0.3) is 32.8 Å². The fourth-order valence-electron chi connectivity index (χ4n) is 3.51. The molecule has 2 aromatic heterocycles. The average Bonchev–Trinajstić information content (AvgIpc) is 3.07. The zero-order valence-electron chi connectivity index (χ0n) is 16.3. The van der Waals surface area contributed by atoms with Gasteiger partial charge in [0.2, 0.25) is 0 Å². The number of rotatable bonds is 3. The van der Waals surface area contributed by atoms with Crippen molar-refractivity contribution in [3.63, 3.8) is 0 Å². The first-order chi connectivity index (χ1) is 13.2. The third-order valence-corrected chi connectivity index (χ3v) is 5.33. The molecule has 1 N–H and O–H groups in total. The lowest BCUT2D eigenvalue weighted by atomic mass is 9.92. The monoisotopic (exact) mass is 397 g/mol. The number of pyridine rings is 1. The first-order valence-corrected chi connectivity index (χ1v) is 11.4. The van der Waals surface area contributed by atoms with Crippen LogP contribution in [-0.4, -0.2) is 26.7 Å². The van der Waals surface area contributed by atoms with Gasteiger partial charge in [-0.05, 0) is 47.2 Å². The van der Waals surface area contributed by atoms with Gasteiger partial charge < -0.3 is 4.98 Å². The van der Waals surface area contributed by atoms with Gasteiger partial charge in [0.1, 0.15) is 11.6 Å². The third kappa shape index (κ3) is 3.40. The van der Waals surface area contributed by atoms with Gasteiger partial charge in [0.15, 0.2) is 0 Å². The van der Waals surface area contributed by atoms with Crippen molar-refractivity contribution in [1.29, 1.82) is 0 Å². The Balaban J connectivity index is 0.00000240. The average molecular weight is 398 g/mol. The molecule has 4 rings (SSSR count). The van der Waals surface area contributed by atoms with E-state index >= 15 is 0 Å². The molecule has 6 heteroatoms. The summed E-state index contributed by atoms with van der Waals surface area (Å²) < 4.78 is 30.5. The highest BCUT2D eigenvalue weighted by atomic mass is 32.2. The van der Waals surface area contributed by atoms with Gasteiger partial charge in [-0.15, -0.1) is 0 Å². The Hall–Kier alpha value is -2.73. The number of benzene rings is 2. The highest BCUT2D eigenvalue weighted by Crippen LogP contribution is 2.40. The Morgan fingerprint density at radius 1 is 1.11 bits per heavy atom. The lowest BCUT2D eigenvalue weighted by Gasteiger charge is -2.19. The van der Waals surface area contributed by atoms with E-state index < -0.39 is 9.73 Å². The lowest BCUT2D eigenvalue weighted by Crippen LogP contribution is -2.00. The van der Waals surface area contributed by atoms with Gasteiger partial charge >= 0.3 is 0 Å². The lowest BCUT2D eigenvalue weighted by molar-refractivity contribution is 0.628. The molecule has 4 nitrogen and oxygen atoms in total. The molecule has 2 heterocycles. The molecular weight excluding hydrogens is 373 g/mol. The van der Waals surface area contributed by atoms with Crippen molar-refractivity contribution in [2.45, 2.75) is 19.8 Å². The van der Waals surface area contributed by atoms with Crippen molar-refractivity contribution in [2.75, 3.05) is 12.5 Å². The number of nitrogens with zero attached hydrogens (tertiary/aromatic N) is 2. The molecule has 146 valence electrons. The Kier molecular flexibility index (Phi) is 4.46. The zero-order chi connectivity index (χ0) is 20.1. The molecule has 0 aliphatic rings. The molecule has 0 amide bonds. The first-order valence-electron chi connectivity index (χ1n) is 9.10. The van der Waals surface area contributed by atoms with Crippen LogP contribution in [-0.2, 0) is 9.73 Å². The summed E-state index contributed by atoms with van der Waals surface area (Å²) in [6.07, 6.45) is 5.01. The van der Waals surface area contributed by atoms with E-state index in [0.29, 0.717) is 5.82 Å². The fourth-order valence-corrected chi connectivity index (χ4v) is 4.09. The molecule has 0 atom stereocenters. The third-order valence-electron chi connectivity index (χ3n) is 4.70. The van der Waals surface area contributed by atoms with E-state index in [1.54, 1.807) is 30.8 Å². The van der Waals surface area contributed by atoms with E-state index in [2.05, 4.69) is 34.2 Å². The number of hydrogen-bond acceptors (Lipinski definition) is 3. The van der Waals surface area contributed by atoms with E-state index in [0.717, 1.165) is 38.5 Å². The maximum atomic E-state index is 13.5. The summed E-state index contributed by atoms with van der Waals surface area (Å²) in [5.41, 5.74) is 3.76. The fraction of sp³-hybridized carbons (Fsp3) is 0.227. The summed E-state index contributed by atoms with van der Waals surface area (Å²) in [6, 6.07) is 12.5. The molecule has 0 aliphatic heterocycles. The van der Waals surface area contributed by atoms with Gasteiger partial charge in [0, 0.05) is 51.9 Å². The molecule has 0 saturated heterocycles. The molecule has 0 spiro atoms. The molecule has 4 aromatic rings. The summed E-state index contributed by atoms with van der Waals surface area (Å²) in [4.78, 5) is 7.82. The molecule has 0 unspecified atom stereocenters. The predicted molar refractivity (Wildman–Crippen MR) is 117 cm³/mol. The van der Waals surface area contributed by atoms with Crippen LogP contribution in [0.1, 0.15) is 26.9 Å². The minimum absolute atomic E-state index is 0. The van der Waals surface area contributed by atoms with Gasteiger partial charge in [-0.3, -0.25) is 4.98 Å². The standard InChI is InChI=1S/C22H22FN3OS.H2/c1-13(2)21-20(14-5-7-16(23)8-6-14)17-11-15-9-10-24-19(15)12-18(17)22(25-21)26-28(3,4)27;/h5-13,25H,1-4H3;1H. The van der Waals surface area contributed by atoms with Crippen LogP contribution in [0, 0.1) is 5.82 Å². The quantitative estimate of drug-likeness (QED) is 0.444. The maximum Gasteiger partial charge on any atom is 0.147 e. The van der Waals surface area contributed by atoms with Gasteiger partial charge in [-0.1, -0.05) is 26.0 Å². The second-order valence-corrected chi connectivity index (χ2v) is 10.1. The minimum atomic E-state index is -2.36. The highest BCUT2D eigenvalue weighted by Gasteiger charge is 2.18. The second-order valence-electron chi connectivity index (χ2n) is 7.60. The van der Waals surface area contributed by atoms with E-state index in [-0.39, 0.29) is 13.2 Å². The van der Waals surface area contributed by atoms with Crippen LogP contribution in [0.15, 0.2) is 53.0 Å². The van der Waals surface area contributed by atoms with E-state index in [4.69, 9.17) is 0 Å². The molecule has 0 radical (unpaired) electrons. The smallest absolute Gasteiger partial charge is 0.147 e. The summed E-state index contributed by atoms with van der Waals surface area (Å²) in [6.45, 7) is 4.18. The Morgan fingerprint density at radius 3 is 2.46 bits per heavy atom. The second kappa shape index (κ2) is 6.71. The summed E-state index contributed by atoms with van der Waals surface area (Å²) >= 11 is 0. The van der Waals surface area contributed by atoms with Crippen LogP contribution in [0.3, 0.4) is 0 Å². The van der Waals surface area contributed by atoms with Crippen LogP contribution < -0.4 is 0 Å². The number of aromatic nitrogens is 2. The number of fused-ring (bicyclic) bond motifs is 2. The number of H-pyrrole nitrogens is 1. The normalized spacial score (nSPS) is 12.2. The van der Waals surface area contributed by atoms with E-state index in [1.165, 1.54) is 12.1 Å². The number of nitrogens with one attached hydrogen (secondary N) is 1. The van der Waals surface area contributed by atoms with Crippen molar-refractivity contribution in [3.8, 4) is 11.1 Å². The maximum absolute atomic E-state index is 13.5. The molecule has 0 fully saturated rings. The van der Waals surface area contributed by atoms with Crippen LogP contribution in [0.5, 0.6) is 0 Å². The van der Waals surface area contributed by atoms with Gasteiger partial charge in [0.25, 0.3) is 0 Å². The first kappa shape index (κ1) is 18.6. The molecule has 0 aliphatic carbocycles. The van der Waals surface area contributed by atoms with Crippen molar-refractivity contribution in [1.82, 2.24) is 9.97 Å². The van der Waals surface area contributed by atoms with Crippen LogP contribution in [0.4, 0.5) is 10.2 Å². The molecule has 0 saturated carbocycles. The van der Waals surface area contributed by atoms with E-state index in [9.17, 15) is 8.60 Å². The van der Waals surface area contributed by atoms with Gasteiger partial charge in [-0.25, -0.2) is 8.60 Å². The number of hydrogen-bond donors (Lipinski definition) is 1. The van der Waals surface area contributed by atoms with Gasteiger partial charge in [-0.2, -0.15) is 4.36 Å². The minimum Gasteiger partial charge on any atom is -0.342 e. The zero-order valence-corrected chi connectivity index (χ0v) is 17.1.